The minimum atomic E-state index is -0.105. The van der Waals surface area contributed by atoms with Crippen LogP contribution in [0.3, 0.4) is 0 Å². The first-order valence-corrected chi connectivity index (χ1v) is 13.2. The molecular weight excluding hydrogens is 498 g/mol. The molecule has 1 aromatic rings. The Balaban J connectivity index is 1.71. The zero-order valence-corrected chi connectivity index (χ0v) is 23.3. The third-order valence-electron chi connectivity index (χ3n) is 4.58. The van der Waals surface area contributed by atoms with Gasteiger partial charge in [0.25, 0.3) is 0 Å². The van der Waals surface area contributed by atoms with Crippen molar-refractivity contribution < 1.29 is 47.4 Å². The lowest BCUT2D eigenvalue weighted by atomic mass is 10.3. The third-order valence-corrected chi connectivity index (χ3v) is 4.58. The number of amides is 1. The van der Waals surface area contributed by atoms with E-state index in [4.69, 9.17) is 42.6 Å². The van der Waals surface area contributed by atoms with E-state index in [-0.39, 0.29) is 12.0 Å². The van der Waals surface area contributed by atoms with Crippen molar-refractivity contribution in [3.8, 4) is 5.75 Å². The summed E-state index contributed by atoms with van der Waals surface area (Å²) in [5.74, 6) is 0.616. The predicted molar refractivity (Wildman–Crippen MR) is 143 cm³/mol. The van der Waals surface area contributed by atoms with Gasteiger partial charge >= 0.3 is 0 Å². The Labute approximate surface area is 227 Å². The number of rotatable bonds is 27. The van der Waals surface area contributed by atoms with Crippen molar-refractivity contribution in [3.63, 3.8) is 0 Å². The van der Waals surface area contributed by atoms with Crippen LogP contribution in [-0.2, 0) is 42.7 Å². The van der Waals surface area contributed by atoms with Crippen LogP contribution >= 0.6 is 0 Å². The van der Waals surface area contributed by atoms with Gasteiger partial charge in [0.2, 0.25) is 5.91 Å². The van der Waals surface area contributed by atoms with Crippen LogP contribution in [0.2, 0.25) is 0 Å². The molecule has 0 spiro atoms. The number of anilines is 1. The molecule has 0 unspecified atom stereocenters. The average molecular weight is 546 g/mol. The maximum Gasteiger partial charge on any atom is 0.221 e. The molecule has 0 atom stereocenters. The molecule has 11 heteroatoms. The Kier molecular flexibility index (Phi) is 22.9. The summed E-state index contributed by atoms with van der Waals surface area (Å²) in [5, 5.41) is 2.71. The second-order valence-electron chi connectivity index (χ2n) is 8.26. The highest BCUT2D eigenvalue weighted by atomic mass is 16.6. The molecular formula is C27H47NO10. The number of carbonyl (C=O) groups is 1. The van der Waals surface area contributed by atoms with Crippen LogP contribution in [0.4, 0.5) is 5.69 Å². The minimum absolute atomic E-state index is 0.105. The highest BCUT2D eigenvalue weighted by molar-refractivity contribution is 5.88. The zero-order chi connectivity index (χ0) is 27.5. The second-order valence-corrected chi connectivity index (χ2v) is 8.26. The highest BCUT2D eigenvalue weighted by Crippen LogP contribution is 2.15. The summed E-state index contributed by atoms with van der Waals surface area (Å²) in [4.78, 5) is 11.0. The van der Waals surface area contributed by atoms with E-state index in [0.717, 1.165) is 11.4 Å². The largest absolute Gasteiger partial charge is 0.491 e. The van der Waals surface area contributed by atoms with E-state index in [1.165, 1.54) is 6.92 Å². The Bertz CT molecular complexity index is 660. The number of ether oxygens (including phenoxy) is 9. The van der Waals surface area contributed by atoms with Gasteiger partial charge in [0, 0.05) is 12.6 Å². The predicted octanol–water partition coefficient (Wildman–Crippen LogP) is 2.57. The summed E-state index contributed by atoms with van der Waals surface area (Å²) < 4.78 is 49.1. The number of nitrogens with one attached hydrogen (secondary N) is 1. The summed E-state index contributed by atoms with van der Waals surface area (Å²) in [6.07, 6.45) is 0.231. The summed E-state index contributed by atoms with van der Waals surface area (Å²) in [7, 11) is 0. The van der Waals surface area contributed by atoms with Crippen molar-refractivity contribution in [1.82, 2.24) is 0 Å². The van der Waals surface area contributed by atoms with Crippen LogP contribution in [0, 0.1) is 0 Å². The Morgan fingerprint density at radius 2 is 0.921 bits per heavy atom. The Hall–Kier alpha value is -1.83. The number of carbonyl (C=O) groups excluding carboxylic acids is 1. The summed E-state index contributed by atoms with van der Waals surface area (Å²) >= 11 is 0. The van der Waals surface area contributed by atoms with E-state index in [9.17, 15) is 4.79 Å². The molecule has 1 aromatic carbocycles. The maximum absolute atomic E-state index is 11.0. The van der Waals surface area contributed by atoms with Crippen molar-refractivity contribution in [2.75, 3.05) is 111 Å². The highest BCUT2D eigenvalue weighted by Gasteiger charge is 1.98. The van der Waals surface area contributed by atoms with Crippen LogP contribution < -0.4 is 10.1 Å². The molecule has 1 N–H and O–H groups in total. The van der Waals surface area contributed by atoms with Crippen LogP contribution in [0.5, 0.6) is 5.75 Å². The van der Waals surface area contributed by atoms with E-state index in [0.29, 0.717) is 106 Å². The average Bonchev–Trinajstić information content (AvgIpc) is 2.89. The Morgan fingerprint density at radius 3 is 1.26 bits per heavy atom. The zero-order valence-electron chi connectivity index (χ0n) is 23.3. The summed E-state index contributed by atoms with van der Waals surface area (Å²) in [5.41, 5.74) is 0.735. The molecule has 0 aliphatic rings. The van der Waals surface area contributed by atoms with Gasteiger partial charge in [-0.25, -0.2) is 0 Å². The molecule has 220 valence electrons. The van der Waals surface area contributed by atoms with Crippen molar-refractivity contribution in [1.29, 1.82) is 0 Å². The second kappa shape index (κ2) is 25.4. The van der Waals surface area contributed by atoms with Gasteiger partial charge < -0.3 is 47.9 Å². The van der Waals surface area contributed by atoms with Gasteiger partial charge in [-0.15, -0.1) is 0 Å². The molecule has 0 fully saturated rings. The summed E-state index contributed by atoms with van der Waals surface area (Å²) in [6, 6.07) is 7.18. The Morgan fingerprint density at radius 1 is 0.579 bits per heavy atom. The molecule has 0 heterocycles. The first-order chi connectivity index (χ1) is 18.6. The van der Waals surface area contributed by atoms with Crippen molar-refractivity contribution >= 4 is 11.6 Å². The number of hydrogen-bond donors (Lipinski definition) is 1. The van der Waals surface area contributed by atoms with Crippen LogP contribution in [0.1, 0.15) is 20.8 Å². The van der Waals surface area contributed by atoms with Gasteiger partial charge in [0.1, 0.15) is 12.4 Å². The van der Waals surface area contributed by atoms with Crippen LogP contribution in [0.25, 0.3) is 0 Å². The minimum Gasteiger partial charge on any atom is -0.491 e. The third kappa shape index (κ3) is 23.3. The SMILES string of the molecule is CC(=O)Nc1ccc(OCCOCCOCCOCCOCCOCCOCCOCCOC(C)C)cc1. The van der Waals surface area contributed by atoms with Gasteiger partial charge in [0.05, 0.1) is 105 Å². The van der Waals surface area contributed by atoms with Gasteiger partial charge in [-0.3, -0.25) is 4.79 Å². The molecule has 0 saturated carbocycles. The maximum atomic E-state index is 11.0. The molecule has 38 heavy (non-hydrogen) atoms. The quantitative estimate of drug-likeness (QED) is 0.166. The topological polar surface area (TPSA) is 112 Å². The molecule has 0 aromatic heterocycles. The molecule has 0 radical (unpaired) electrons. The standard InChI is InChI=1S/C27H47NO10/c1-24(2)37-22-20-35-18-16-33-14-12-31-10-8-30-9-11-32-13-15-34-17-19-36-21-23-38-27-6-4-26(5-7-27)28-25(3)29/h4-7,24H,8-23H2,1-3H3,(H,28,29). The van der Waals surface area contributed by atoms with Gasteiger partial charge in [-0.05, 0) is 38.1 Å². The fourth-order valence-electron chi connectivity index (χ4n) is 2.82. The van der Waals surface area contributed by atoms with Gasteiger partial charge in [-0.2, -0.15) is 0 Å². The van der Waals surface area contributed by atoms with E-state index in [1.54, 1.807) is 24.3 Å². The lowest BCUT2D eigenvalue weighted by molar-refractivity contribution is -0.114. The number of benzene rings is 1. The first-order valence-electron chi connectivity index (χ1n) is 13.2. The molecule has 1 amide bonds. The van der Waals surface area contributed by atoms with Crippen molar-refractivity contribution in [3.05, 3.63) is 24.3 Å². The normalized spacial score (nSPS) is 11.3. The molecule has 0 aliphatic heterocycles. The molecule has 0 saturated heterocycles. The van der Waals surface area contributed by atoms with E-state index in [2.05, 4.69) is 5.32 Å². The van der Waals surface area contributed by atoms with Crippen LogP contribution in [-0.4, -0.2) is 118 Å². The fraction of sp³-hybridized carbons (Fsp3) is 0.741. The molecule has 0 bridgehead atoms. The molecule has 11 nitrogen and oxygen atoms in total. The van der Waals surface area contributed by atoms with E-state index in [1.807, 2.05) is 13.8 Å². The lowest BCUT2D eigenvalue weighted by Crippen LogP contribution is -2.15. The smallest absolute Gasteiger partial charge is 0.221 e. The number of hydrogen-bond acceptors (Lipinski definition) is 10. The van der Waals surface area contributed by atoms with Crippen molar-refractivity contribution in [2.24, 2.45) is 0 Å². The first kappa shape index (κ1) is 34.2. The van der Waals surface area contributed by atoms with Gasteiger partial charge in [-0.1, -0.05) is 0 Å². The van der Waals surface area contributed by atoms with E-state index >= 15 is 0 Å². The van der Waals surface area contributed by atoms with Gasteiger partial charge in [0.15, 0.2) is 0 Å². The van der Waals surface area contributed by atoms with Crippen molar-refractivity contribution in [2.45, 2.75) is 26.9 Å². The summed E-state index contributed by atoms with van der Waals surface area (Å²) in [6.45, 7) is 13.8. The monoisotopic (exact) mass is 545 g/mol. The van der Waals surface area contributed by atoms with E-state index < -0.39 is 0 Å². The van der Waals surface area contributed by atoms with Crippen LogP contribution in [0.15, 0.2) is 24.3 Å². The molecule has 0 aliphatic carbocycles. The molecule has 1 rings (SSSR count). The fourth-order valence-corrected chi connectivity index (χ4v) is 2.82. The lowest BCUT2D eigenvalue weighted by Gasteiger charge is -2.09.